The summed E-state index contributed by atoms with van der Waals surface area (Å²) in [5.74, 6) is -0.637. The van der Waals surface area contributed by atoms with Gasteiger partial charge >= 0.3 is 0 Å². The van der Waals surface area contributed by atoms with E-state index in [1.165, 1.54) is 0 Å². The molecule has 1 atom stereocenters. The number of aryl methyl sites for hydroxylation is 1. The molecule has 0 radical (unpaired) electrons. The molecule has 154 valence electrons. The lowest BCUT2D eigenvalue weighted by atomic mass is 9.85. The van der Waals surface area contributed by atoms with Gasteiger partial charge in [0.05, 0.1) is 0 Å². The lowest BCUT2D eigenvalue weighted by molar-refractivity contribution is 0.1000. The van der Waals surface area contributed by atoms with E-state index < -0.39 is 17.3 Å². The quantitative estimate of drug-likeness (QED) is 0.628. The Balaban J connectivity index is 1.96. The average Bonchev–Trinajstić information content (AvgIpc) is 3.15. The summed E-state index contributed by atoms with van der Waals surface area (Å²) in [5.41, 5.74) is 13.7. The van der Waals surface area contributed by atoms with Crippen molar-refractivity contribution in [3.63, 3.8) is 0 Å². The number of hydrogen-bond acceptors (Lipinski definition) is 3. The number of rotatable bonds is 5. The third kappa shape index (κ3) is 3.15. The topological polar surface area (TPSA) is 78.3 Å². The fourth-order valence-electron chi connectivity index (χ4n) is 4.15. The van der Waals surface area contributed by atoms with Crippen LogP contribution in [0.5, 0.6) is 5.75 Å². The molecular weight excluding hydrogens is 403 g/mol. The Hall–Kier alpha value is -2.89. The SMILES string of the molecule is CCc1ccc(C(N)=O)c(-c2c(Cl)ccc3c2C[C@@](CN)(c2ccccc2)O3)c1F. The predicted molar refractivity (Wildman–Crippen MR) is 116 cm³/mol. The molecule has 1 amide bonds. The Morgan fingerprint density at radius 2 is 1.87 bits per heavy atom. The second kappa shape index (κ2) is 7.74. The Morgan fingerprint density at radius 1 is 1.13 bits per heavy atom. The van der Waals surface area contributed by atoms with Gasteiger partial charge in [0.25, 0.3) is 0 Å². The highest BCUT2D eigenvalue weighted by Crippen LogP contribution is 2.49. The molecule has 0 fully saturated rings. The Bertz CT molecular complexity index is 1130. The summed E-state index contributed by atoms with van der Waals surface area (Å²) < 4.78 is 21.8. The maximum absolute atomic E-state index is 15.5. The van der Waals surface area contributed by atoms with Gasteiger partial charge in [-0.1, -0.05) is 54.9 Å². The van der Waals surface area contributed by atoms with E-state index in [2.05, 4.69) is 0 Å². The van der Waals surface area contributed by atoms with Crippen LogP contribution in [0.3, 0.4) is 0 Å². The molecule has 1 heterocycles. The van der Waals surface area contributed by atoms with Crippen molar-refractivity contribution in [1.82, 2.24) is 0 Å². The molecule has 0 aliphatic carbocycles. The van der Waals surface area contributed by atoms with E-state index in [1.807, 2.05) is 37.3 Å². The van der Waals surface area contributed by atoms with Crippen LogP contribution in [0.25, 0.3) is 11.1 Å². The molecule has 0 unspecified atom stereocenters. The minimum Gasteiger partial charge on any atom is -0.481 e. The van der Waals surface area contributed by atoms with E-state index in [1.54, 1.807) is 24.3 Å². The molecule has 0 saturated carbocycles. The molecule has 1 aliphatic rings. The molecule has 3 aromatic rings. The molecule has 4 rings (SSSR count). The van der Waals surface area contributed by atoms with Crippen LogP contribution in [-0.4, -0.2) is 12.5 Å². The van der Waals surface area contributed by atoms with Gasteiger partial charge in [-0.3, -0.25) is 4.79 Å². The number of primary amides is 1. The van der Waals surface area contributed by atoms with Crippen molar-refractivity contribution in [3.05, 3.63) is 87.7 Å². The van der Waals surface area contributed by atoms with Crippen molar-refractivity contribution in [3.8, 4) is 16.9 Å². The number of amides is 1. The minimum atomic E-state index is -0.797. The van der Waals surface area contributed by atoms with Crippen LogP contribution in [0.15, 0.2) is 54.6 Å². The first-order valence-corrected chi connectivity index (χ1v) is 10.2. The van der Waals surface area contributed by atoms with Gasteiger partial charge in [-0.15, -0.1) is 0 Å². The number of ether oxygens (including phenoxy) is 1. The molecule has 4 N–H and O–H groups in total. The first-order chi connectivity index (χ1) is 14.4. The van der Waals surface area contributed by atoms with E-state index in [9.17, 15) is 4.79 Å². The van der Waals surface area contributed by atoms with Crippen molar-refractivity contribution < 1.29 is 13.9 Å². The number of nitrogens with two attached hydrogens (primary N) is 2. The summed E-state index contributed by atoms with van der Waals surface area (Å²) in [4.78, 5) is 12.1. The normalized spacial score (nSPS) is 17.5. The van der Waals surface area contributed by atoms with Crippen molar-refractivity contribution in [2.24, 2.45) is 11.5 Å². The fraction of sp³-hybridized carbons (Fsp3) is 0.208. The monoisotopic (exact) mass is 424 g/mol. The Morgan fingerprint density at radius 3 is 2.50 bits per heavy atom. The fourth-order valence-corrected chi connectivity index (χ4v) is 4.42. The first kappa shape index (κ1) is 20.4. The van der Waals surface area contributed by atoms with Crippen molar-refractivity contribution >= 4 is 17.5 Å². The number of hydrogen-bond donors (Lipinski definition) is 2. The van der Waals surface area contributed by atoms with Crippen molar-refractivity contribution in [2.45, 2.75) is 25.4 Å². The highest BCUT2D eigenvalue weighted by Gasteiger charge is 2.42. The third-order valence-electron chi connectivity index (χ3n) is 5.73. The van der Waals surface area contributed by atoms with Crippen LogP contribution in [0.1, 0.15) is 34.0 Å². The van der Waals surface area contributed by atoms with Crippen LogP contribution < -0.4 is 16.2 Å². The van der Waals surface area contributed by atoms with Crippen molar-refractivity contribution in [1.29, 1.82) is 0 Å². The van der Waals surface area contributed by atoms with Gasteiger partial charge in [-0.2, -0.15) is 0 Å². The van der Waals surface area contributed by atoms with Gasteiger partial charge < -0.3 is 16.2 Å². The minimum absolute atomic E-state index is 0.0879. The lowest BCUT2D eigenvalue weighted by Gasteiger charge is -2.27. The molecule has 3 aromatic carbocycles. The van der Waals surface area contributed by atoms with Gasteiger partial charge in [0.15, 0.2) is 5.60 Å². The maximum Gasteiger partial charge on any atom is 0.249 e. The number of carbonyl (C=O) groups is 1. The molecule has 0 bridgehead atoms. The zero-order valence-corrected chi connectivity index (χ0v) is 17.3. The predicted octanol–water partition coefficient (Wildman–Crippen LogP) is 4.60. The zero-order valence-electron chi connectivity index (χ0n) is 16.5. The number of carbonyl (C=O) groups excluding carboxylic acids is 1. The summed E-state index contributed by atoms with van der Waals surface area (Å²) in [5, 5.41) is 0.327. The van der Waals surface area contributed by atoms with Gasteiger partial charge in [0, 0.05) is 40.2 Å². The Labute approximate surface area is 179 Å². The largest absolute Gasteiger partial charge is 0.481 e. The second-order valence-electron chi connectivity index (χ2n) is 7.42. The van der Waals surface area contributed by atoms with Crippen molar-refractivity contribution in [2.75, 3.05) is 6.54 Å². The smallest absolute Gasteiger partial charge is 0.249 e. The Kier molecular flexibility index (Phi) is 5.26. The molecule has 30 heavy (non-hydrogen) atoms. The zero-order chi connectivity index (χ0) is 21.5. The van der Waals surface area contributed by atoms with E-state index in [4.69, 9.17) is 27.8 Å². The van der Waals surface area contributed by atoms with Gasteiger partial charge in [-0.25, -0.2) is 4.39 Å². The van der Waals surface area contributed by atoms with E-state index in [0.717, 1.165) is 5.56 Å². The lowest BCUT2D eigenvalue weighted by Crippen LogP contribution is -2.39. The first-order valence-electron chi connectivity index (χ1n) is 9.79. The number of benzene rings is 3. The maximum atomic E-state index is 15.5. The molecule has 1 aliphatic heterocycles. The summed E-state index contributed by atoms with van der Waals surface area (Å²) >= 11 is 6.56. The molecule has 0 saturated heterocycles. The highest BCUT2D eigenvalue weighted by atomic mass is 35.5. The van der Waals surface area contributed by atoms with Gasteiger partial charge in [0.1, 0.15) is 11.6 Å². The third-order valence-corrected chi connectivity index (χ3v) is 6.05. The number of fused-ring (bicyclic) bond motifs is 1. The number of halogens is 2. The molecule has 0 aromatic heterocycles. The summed E-state index contributed by atoms with van der Waals surface area (Å²) in [7, 11) is 0. The summed E-state index contributed by atoms with van der Waals surface area (Å²) in [6.45, 7) is 2.07. The molecular formula is C24H22ClFN2O2. The van der Waals surface area contributed by atoms with Crippen LogP contribution in [0, 0.1) is 5.82 Å². The van der Waals surface area contributed by atoms with Crippen LogP contribution in [0.2, 0.25) is 5.02 Å². The summed E-state index contributed by atoms with van der Waals surface area (Å²) in [6.07, 6.45) is 0.866. The molecule has 4 nitrogen and oxygen atoms in total. The highest BCUT2D eigenvalue weighted by molar-refractivity contribution is 6.34. The van der Waals surface area contributed by atoms with Crippen LogP contribution in [0.4, 0.5) is 4.39 Å². The standard InChI is InChI=1S/C24H22ClFN2O2/c1-2-14-8-9-16(23(28)29)21(22(14)26)20-17-12-24(13-27,15-6-4-3-5-7-15)30-19(17)11-10-18(20)25/h3-11H,2,12-13,27H2,1H3,(H2,28,29)/t24-/m1/s1. The van der Waals surface area contributed by atoms with Gasteiger partial charge in [-0.05, 0) is 35.7 Å². The van der Waals surface area contributed by atoms with E-state index in [-0.39, 0.29) is 17.7 Å². The van der Waals surface area contributed by atoms with Gasteiger partial charge in [0.2, 0.25) is 5.91 Å². The van der Waals surface area contributed by atoms with Crippen LogP contribution in [-0.2, 0) is 18.4 Å². The van der Waals surface area contributed by atoms with E-state index >= 15 is 4.39 Å². The average molecular weight is 425 g/mol. The molecule has 0 spiro atoms. The second-order valence-corrected chi connectivity index (χ2v) is 7.83. The van der Waals surface area contributed by atoms with E-state index in [0.29, 0.717) is 40.3 Å². The summed E-state index contributed by atoms with van der Waals surface area (Å²) in [6, 6.07) is 16.2. The molecule has 6 heteroatoms. The van der Waals surface area contributed by atoms with Crippen LogP contribution >= 0.6 is 11.6 Å².